The number of ether oxygens (including phenoxy) is 1. The topological polar surface area (TPSA) is 86.1 Å². The summed E-state index contributed by atoms with van der Waals surface area (Å²) in [5.74, 6) is 0.943. The first kappa shape index (κ1) is 20.3. The van der Waals surface area contributed by atoms with Crippen LogP contribution in [0, 0.1) is 13.8 Å². The van der Waals surface area contributed by atoms with Gasteiger partial charge in [-0.2, -0.15) is 5.10 Å². The lowest BCUT2D eigenvalue weighted by Gasteiger charge is -2.10. The number of fused-ring (bicyclic) bond motifs is 1. The molecule has 2 aromatic heterocycles. The summed E-state index contributed by atoms with van der Waals surface area (Å²) in [4.78, 5) is 29.1. The molecule has 0 aliphatic carbocycles. The van der Waals surface area contributed by atoms with Crippen LogP contribution in [0.1, 0.15) is 16.7 Å². The van der Waals surface area contributed by atoms with Gasteiger partial charge in [-0.3, -0.25) is 9.59 Å². The molecule has 0 saturated heterocycles. The fourth-order valence-electron chi connectivity index (χ4n) is 3.14. The molecule has 2 aromatic carbocycles. The number of aromatic nitrogens is 3. The van der Waals surface area contributed by atoms with E-state index in [-0.39, 0.29) is 24.6 Å². The van der Waals surface area contributed by atoms with Crippen LogP contribution in [0.2, 0.25) is 0 Å². The van der Waals surface area contributed by atoms with Gasteiger partial charge in [-0.05, 0) is 42.7 Å². The normalized spacial score (nSPS) is 10.8. The van der Waals surface area contributed by atoms with Gasteiger partial charge in [0.15, 0.2) is 0 Å². The predicted octanol–water partition coefficient (Wildman–Crippen LogP) is 3.52. The molecule has 4 aromatic rings. The zero-order valence-corrected chi connectivity index (χ0v) is 17.3. The summed E-state index contributed by atoms with van der Waals surface area (Å²) in [6.45, 7) is 4.13. The number of carbonyl (C=O) groups excluding carboxylic acids is 1. The smallest absolute Gasteiger partial charge is 0.275 e. The second kappa shape index (κ2) is 8.79. The molecule has 0 bridgehead atoms. The van der Waals surface area contributed by atoms with E-state index < -0.39 is 0 Å². The average Bonchev–Trinajstić information content (AvgIpc) is 2.78. The van der Waals surface area contributed by atoms with E-state index in [1.165, 1.54) is 0 Å². The van der Waals surface area contributed by atoms with Crippen molar-refractivity contribution in [3.05, 3.63) is 94.0 Å². The fourth-order valence-corrected chi connectivity index (χ4v) is 3.14. The Morgan fingerprint density at radius 1 is 1.06 bits per heavy atom. The molecule has 0 fully saturated rings. The maximum Gasteiger partial charge on any atom is 0.275 e. The van der Waals surface area contributed by atoms with Gasteiger partial charge in [-0.1, -0.05) is 36.4 Å². The third-order valence-electron chi connectivity index (χ3n) is 4.90. The van der Waals surface area contributed by atoms with E-state index in [9.17, 15) is 9.59 Å². The van der Waals surface area contributed by atoms with Gasteiger partial charge >= 0.3 is 0 Å². The molecule has 0 saturated carbocycles. The average molecular weight is 414 g/mol. The summed E-state index contributed by atoms with van der Waals surface area (Å²) < 4.78 is 7.02. The van der Waals surface area contributed by atoms with Gasteiger partial charge < -0.3 is 10.1 Å². The van der Waals surface area contributed by atoms with E-state index in [1.54, 1.807) is 30.6 Å². The van der Waals surface area contributed by atoms with E-state index in [0.29, 0.717) is 11.3 Å². The molecule has 0 atom stereocenters. The van der Waals surface area contributed by atoms with Crippen molar-refractivity contribution in [2.45, 2.75) is 26.9 Å². The molecule has 0 unspecified atom stereocenters. The highest BCUT2D eigenvalue weighted by Gasteiger charge is 2.09. The number of benzene rings is 2. The fraction of sp³-hybridized carbons (Fsp3) is 0.167. The lowest BCUT2D eigenvalue weighted by Crippen LogP contribution is -2.33. The number of carbonyl (C=O) groups is 1. The highest BCUT2D eigenvalue weighted by atomic mass is 16.5. The second-order valence-corrected chi connectivity index (χ2v) is 7.35. The third-order valence-corrected chi connectivity index (χ3v) is 4.90. The van der Waals surface area contributed by atoms with Crippen LogP contribution in [0.25, 0.3) is 10.8 Å². The summed E-state index contributed by atoms with van der Waals surface area (Å²) in [5, 5.41) is 8.15. The third kappa shape index (κ3) is 4.78. The van der Waals surface area contributed by atoms with Crippen LogP contribution in [0.5, 0.6) is 11.6 Å². The van der Waals surface area contributed by atoms with Gasteiger partial charge in [-0.25, -0.2) is 9.67 Å². The second-order valence-electron chi connectivity index (χ2n) is 7.35. The molecule has 2 heterocycles. The lowest BCUT2D eigenvalue weighted by molar-refractivity contribution is -0.122. The quantitative estimate of drug-likeness (QED) is 0.522. The summed E-state index contributed by atoms with van der Waals surface area (Å²) in [7, 11) is 0. The minimum absolute atomic E-state index is 0.148. The van der Waals surface area contributed by atoms with Gasteiger partial charge in [0, 0.05) is 24.2 Å². The number of pyridine rings is 1. The van der Waals surface area contributed by atoms with Gasteiger partial charge in [0.2, 0.25) is 11.8 Å². The van der Waals surface area contributed by atoms with Crippen LogP contribution in [-0.2, 0) is 17.9 Å². The van der Waals surface area contributed by atoms with Gasteiger partial charge in [-0.15, -0.1) is 0 Å². The van der Waals surface area contributed by atoms with Crippen molar-refractivity contribution < 1.29 is 9.53 Å². The molecule has 1 N–H and O–H groups in total. The Morgan fingerprint density at radius 3 is 2.71 bits per heavy atom. The van der Waals surface area contributed by atoms with E-state index in [1.807, 2.05) is 50.2 Å². The molecule has 1 amide bonds. The Morgan fingerprint density at radius 2 is 1.90 bits per heavy atom. The zero-order valence-electron chi connectivity index (χ0n) is 17.3. The maximum absolute atomic E-state index is 12.5. The van der Waals surface area contributed by atoms with Crippen LogP contribution in [0.3, 0.4) is 0 Å². The van der Waals surface area contributed by atoms with Crippen molar-refractivity contribution in [1.82, 2.24) is 20.1 Å². The Labute approximate surface area is 179 Å². The first-order chi connectivity index (χ1) is 15.0. The van der Waals surface area contributed by atoms with Gasteiger partial charge in [0.1, 0.15) is 12.3 Å². The molecule has 0 aliphatic rings. The van der Waals surface area contributed by atoms with Crippen molar-refractivity contribution in [3.63, 3.8) is 0 Å². The first-order valence-electron chi connectivity index (χ1n) is 9.91. The van der Waals surface area contributed by atoms with Crippen molar-refractivity contribution in [2.24, 2.45) is 0 Å². The number of nitrogens with one attached hydrogen (secondary N) is 1. The highest BCUT2D eigenvalue weighted by molar-refractivity contribution is 5.81. The summed E-state index contributed by atoms with van der Waals surface area (Å²) in [6, 6.07) is 16.8. The highest BCUT2D eigenvalue weighted by Crippen LogP contribution is 2.24. The maximum atomic E-state index is 12.5. The van der Waals surface area contributed by atoms with Crippen LogP contribution in [0.15, 0.2) is 71.8 Å². The number of nitrogens with zero attached hydrogens (tertiary/aromatic N) is 3. The standard InChI is InChI=1S/C24H22N4O3/c1-16-7-8-17(2)21(11-16)31-23-10-9-18(13-26-23)12-25-22(29)15-28-24(30)20-6-4-3-5-19(20)14-27-28/h3-11,13-14H,12,15H2,1-2H3,(H,25,29). The van der Waals surface area contributed by atoms with Crippen LogP contribution >= 0.6 is 0 Å². The Kier molecular flexibility index (Phi) is 5.75. The number of rotatable bonds is 6. The summed E-state index contributed by atoms with van der Waals surface area (Å²) in [5.41, 5.74) is 2.67. The van der Waals surface area contributed by atoms with Crippen molar-refractivity contribution in [2.75, 3.05) is 0 Å². The van der Waals surface area contributed by atoms with Crippen molar-refractivity contribution in [1.29, 1.82) is 0 Å². The monoisotopic (exact) mass is 414 g/mol. The molecular weight excluding hydrogens is 392 g/mol. The molecule has 156 valence electrons. The van der Waals surface area contributed by atoms with Crippen molar-refractivity contribution in [3.8, 4) is 11.6 Å². The predicted molar refractivity (Wildman–Crippen MR) is 118 cm³/mol. The van der Waals surface area contributed by atoms with Gasteiger partial charge in [0.25, 0.3) is 5.56 Å². The van der Waals surface area contributed by atoms with E-state index >= 15 is 0 Å². The van der Waals surface area contributed by atoms with Gasteiger partial charge in [0.05, 0.1) is 11.6 Å². The minimum atomic E-state index is -0.305. The van der Waals surface area contributed by atoms with Crippen LogP contribution in [0.4, 0.5) is 0 Å². The molecule has 0 aliphatic heterocycles. The summed E-state index contributed by atoms with van der Waals surface area (Å²) in [6.07, 6.45) is 3.24. The molecule has 0 spiro atoms. The zero-order chi connectivity index (χ0) is 21.8. The summed E-state index contributed by atoms with van der Waals surface area (Å²) >= 11 is 0. The SMILES string of the molecule is Cc1ccc(C)c(Oc2ccc(CNC(=O)Cn3ncc4ccccc4c3=O)cn2)c1. The van der Waals surface area contributed by atoms with Crippen molar-refractivity contribution >= 4 is 16.7 Å². The van der Waals surface area contributed by atoms with Crippen LogP contribution < -0.4 is 15.6 Å². The Hall–Kier alpha value is -4.00. The molecule has 31 heavy (non-hydrogen) atoms. The van der Waals surface area contributed by atoms with E-state index in [0.717, 1.165) is 32.5 Å². The lowest BCUT2D eigenvalue weighted by atomic mass is 10.1. The number of aryl methyl sites for hydroxylation is 2. The Balaban J connectivity index is 1.36. The first-order valence-corrected chi connectivity index (χ1v) is 9.91. The largest absolute Gasteiger partial charge is 0.439 e. The van der Waals surface area contributed by atoms with Crippen LogP contribution in [-0.4, -0.2) is 20.7 Å². The number of amides is 1. The Bertz CT molecular complexity index is 1300. The van der Waals surface area contributed by atoms with E-state index in [2.05, 4.69) is 15.4 Å². The number of hydrogen-bond donors (Lipinski definition) is 1. The molecule has 4 rings (SSSR count). The van der Waals surface area contributed by atoms with E-state index in [4.69, 9.17) is 4.74 Å². The molecular formula is C24H22N4O3. The molecule has 7 heteroatoms. The molecule has 7 nitrogen and oxygen atoms in total. The minimum Gasteiger partial charge on any atom is -0.439 e. The molecule has 0 radical (unpaired) electrons. The number of hydrogen-bond acceptors (Lipinski definition) is 5.